The number of phenolic OH excluding ortho intramolecular Hbond substituents is 1. The smallest absolute Gasteiger partial charge is 0.323 e. The molecule has 0 fully saturated rings. The molecule has 29 heavy (non-hydrogen) atoms. The van der Waals surface area contributed by atoms with Gasteiger partial charge in [0.15, 0.2) is 5.75 Å². The number of nitro groups is 1. The van der Waals surface area contributed by atoms with E-state index < -0.39 is 4.92 Å². The minimum Gasteiger partial charge on any atom is -0.504 e. The molecule has 1 aliphatic rings. The van der Waals surface area contributed by atoms with Crippen LogP contribution in [0.5, 0.6) is 11.5 Å². The van der Waals surface area contributed by atoms with E-state index >= 15 is 0 Å². The van der Waals surface area contributed by atoms with Crippen LogP contribution in [-0.4, -0.2) is 35.0 Å². The summed E-state index contributed by atoms with van der Waals surface area (Å²) in [5.41, 5.74) is 7.41. The average molecular weight is 397 g/mol. The maximum Gasteiger partial charge on any atom is 0.323 e. The lowest BCUT2D eigenvalue weighted by Gasteiger charge is -2.19. The Hall–Kier alpha value is -3.95. The van der Waals surface area contributed by atoms with Gasteiger partial charge in [0.05, 0.1) is 35.2 Å². The zero-order chi connectivity index (χ0) is 21.0. The summed E-state index contributed by atoms with van der Waals surface area (Å²) in [6.45, 7) is 1.94. The van der Waals surface area contributed by atoms with Crippen LogP contribution in [0.1, 0.15) is 24.5 Å². The third-order valence-corrected chi connectivity index (χ3v) is 4.37. The van der Waals surface area contributed by atoms with E-state index in [2.05, 4.69) is 21.1 Å². The van der Waals surface area contributed by atoms with Crippen LogP contribution in [0.25, 0.3) is 0 Å². The Morgan fingerprint density at radius 2 is 2.07 bits per heavy atom. The minimum atomic E-state index is -0.639. The third kappa shape index (κ3) is 4.32. The number of hydrazone groups is 2. The second-order valence-corrected chi connectivity index (χ2v) is 6.40. The van der Waals surface area contributed by atoms with E-state index in [0.29, 0.717) is 12.1 Å². The minimum absolute atomic E-state index is 0.0191. The Morgan fingerprint density at radius 3 is 2.69 bits per heavy atom. The van der Waals surface area contributed by atoms with Crippen molar-refractivity contribution in [3.8, 4) is 11.5 Å². The zero-order valence-corrected chi connectivity index (χ0v) is 15.7. The second kappa shape index (κ2) is 8.38. The Labute approximate surface area is 166 Å². The number of nitrogens with zero attached hydrogens (tertiary/aromatic N) is 3. The number of phenols is 1. The first-order chi connectivity index (χ1) is 13.9. The first-order valence-electron chi connectivity index (χ1n) is 8.71. The van der Waals surface area contributed by atoms with Gasteiger partial charge in [0.2, 0.25) is 11.7 Å². The lowest BCUT2D eigenvalue weighted by molar-refractivity contribution is -0.385. The van der Waals surface area contributed by atoms with Gasteiger partial charge in [0, 0.05) is 12.3 Å². The number of hydrogen-bond acceptors (Lipinski definition) is 8. The predicted molar refractivity (Wildman–Crippen MR) is 107 cm³/mol. The molecule has 1 amide bonds. The number of nitro benzene ring substituents is 1. The van der Waals surface area contributed by atoms with Crippen molar-refractivity contribution in [2.24, 2.45) is 16.1 Å². The molecule has 0 radical (unpaired) electrons. The van der Waals surface area contributed by atoms with Gasteiger partial charge in [-0.3, -0.25) is 20.3 Å². The third-order valence-electron chi connectivity index (χ3n) is 4.37. The molecule has 0 saturated carbocycles. The van der Waals surface area contributed by atoms with Gasteiger partial charge in [-0.2, -0.15) is 10.2 Å². The van der Waals surface area contributed by atoms with E-state index in [1.807, 2.05) is 19.1 Å². The monoisotopic (exact) mass is 397 g/mol. The molecule has 0 spiro atoms. The quantitative estimate of drug-likeness (QED) is 0.389. The van der Waals surface area contributed by atoms with Crippen molar-refractivity contribution in [2.75, 3.05) is 12.5 Å². The molecule has 2 aromatic carbocycles. The summed E-state index contributed by atoms with van der Waals surface area (Å²) in [5.74, 6) is -0.631. The average Bonchev–Trinajstić information content (AvgIpc) is 2.69. The lowest BCUT2D eigenvalue weighted by Crippen LogP contribution is -2.31. The highest BCUT2D eigenvalue weighted by Crippen LogP contribution is 2.37. The topological polar surface area (TPSA) is 138 Å². The number of hydrogen-bond donors (Lipinski definition) is 3. The standard InChI is InChI=1S/C19H19N5O5/c1-11-9-16(26)22-23-17(11)12-3-6-14(7-4-12)21-20-10-13-5-8-15(25)19(29-2)18(13)24(27)28/h3-8,10-11,21,25H,9H2,1-2H3,(H,22,26)/b20-10+/t11-/m1/s1. The van der Waals surface area contributed by atoms with E-state index in [1.54, 1.807) is 12.1 Å². The van der Waals surface area contributed by atoms with Gasteiger partial charge in [-0.15, -0.1) is 0 Å². The van der Waals surface area contributed by atoms with Crippen LogP contribution >= 0.6 is 0 Å². The first kappa shape index (κ1) is 19.8. The first-order valence-corrected chi connectivity index (χ1v) is 8.71. The van der Waals surface area contributed by atoms with Crippen molar-refractivity contribution in [3.05, 3.63) is 57.6 Å². The number of ether oxygens (including phenoxy) is 1. The molecule has 0 aromatic heterocycles. The summed E-state index contributed by atoms with van der Waals surface area (Å²) in [6.07, 6.45) is 1.66. The second-order valence-electron chi connectivity index (χ2n) is 6.40. The van der Waals surface area contributed by atoms with Crippen LogP contribution in [0, 0.1) is 16.0 Å². The van der Waals surface area contributed by atoms with E-state index in [4.69, 9.17) is 4.74 Å². The molecule has 0 saturated heterocycles. The number of rotatable bonds is 6. The number of nitrogens with one attached hydrogen (secondary N) is 2. The van der Waals surface area contributed by atoms with Crippen molar-refractivity contribution in [1.82, 2.24) is 5.43 Å². The van der Waals surface area contributed by atoms with Gasteiger partial charge in [-0.25, -0.2) is 5.43 Å². The molecule has 1 aliphatic heterocycles. The molecule has 1 atom stereocenters. The van der Waals surface area contributed by atoms with Gasteiger partial charge in [-0.1, -0.05) is 19.1 Å². The van der Waals surface area contributed by atoms with Gasteiger partial charge < -0.3 is 9.84 Å². The fourth-order valence-electron chi connectivity index (χ4n) is 2.96. The summed E-state index contributed by atoms with van der Waals surface area (Å²) < 4.78 is 4.92. The van der Waals surface area contributed by atoms with Gasteiger partial charge in [0.1, 0.15) is 0 Å². The number of anilines is 1. The molecule has 3 rings (SSSR count). The highest BCUT2D eigenvalue weighted by atomic mass is 16.6. The molecule has 2 aromatic rings. The van der Waals surface area contributed by atoms with E-state index in [-0.39, 0.29) is 34.6 Å². The lowest BCUT2D eigenvalue weighted by atomic mass is 9.94. The number of methoxy groups -OCH3 is 1. The van der Waals surface area contributed by atoms with Crippen molar-refractivity contribution in [3.63, 3.8) is 0 Å². The number of amides is 1. The number of benzene rings is 2. The summed E-state index contributed by atoms with van der Waals surface area (Å²) in [5, 5.41) is 29.2. The van der Waals surface area contributed by atoms with E-state index in [0.717, 1.165) is 11.3 Å². The van der Waals surface area contributed by atoms with E-state index in [9.17, 15) is 20.0 Å². The fraction of sp³-hybridized carbons (Fsp3) is 0.211. The van der Waals surface area contributed by atoms with Crippen molar-refractivity contribution in [1.29, 1.82) is 0 Å². The highest BCUT2D eigenvalue weighted by Gasteiger charge is 2.23. The maximum absolute atomic E-state index is 11.4. The van der Waals surface area contributed by atoms with Gasteiger partial charge in [-0.05, 0) is 29.8 Å². The fourth-order valence-corrected chi connectivity index (χ4v) is 2.96. The molecule has 0 unspecified atom stereocenters. The maximum atomic E-state index is 11.4. The normalized spacial score (nSPS) is 16.3. The van der Waals surface area contributed by atoms with Crippen molar-refractivity contribution in [2.45, 2.75) is 13.3 Å². The molecule has 0 aliphatic carbocycles. The largest absolute Gasteiger partial charge is 0.504 e. The zero-order valence-electron chi connectivity index (χ0n) is 15.7. The van der Waals surface area contributed by atoms with Crippen LogP contribution in [0.3, 0.4) is 0 Å². The summed E-state index contributed by atoms with van der Waals surface area (Å²) in [7, 11) is 1.24. The molecular weight excluding hydrogens is 378 g/mol. The number of carbonyl (C=O) groups excluding carboxylic acids is 1. The summed E-state index contributed by atoms with van der Waals surface area (Å²) in [4.78, 5) is 22.0. The molecule has 0 bridgehead atoms. The molecule has 1 heterocycles. The predicted octanol–water partition coefficient (Wildman–Crippen LogP) is 2.62. The molecular formula is C19H19N5O5. The van der Waals surface area contributed by atoms with Crippen molar-refractivity contribution < 1.29 is 19.6 Å². The summed E-state index contributed by atoms with van der Waals surface area (Å²) in [6, 6.07) is 9.93. The Morgan fingerprint density at radius 1 is 1.34 bits per heavy atom. The highest BCUT2D eigenvalue weighted by molar-refractivity contribution is 6.05. The Balaban J connectivity index is 1.75. The van der Waals surface area contributed by atoms with Crippen LogP contribution in [0.2, 0.25) is 0 Å². The molecule has 3 N–H and O–H groups in total. The number of carbonyl (C=O) groups is 1. The molecule has 10 heteroatoms. The molecule has 10 nitrogen and oxygen atoms in total. The van der Waals surface area contributed by atoms with E-state index in [1.165, 1.54) is 25.5 Å². The Bertz CT molecular complexity index is 1000. The van der Waals surface area contributed by atoms with Gasteiger partial charge >= 0.3 is 5.69 Å². The molecule has 150 valence electrons. The number of aromatic hydroxyl groups is 1. The SMILES string of the molecule is COc1c(O)ccc(/C=N/Nc2ccc(C3=NNC(=O)C[C@H]3C)cc2)c1[N+](=O)[O-]. The van der Waals surface area contributed by atoms with Crippen LogP contribution in [0.15, 0.2) is 46.6 Å². The van der Waals surface area contributed by atoms with Crippen molar-refractivity contribution >= 4 is 29.2 Å². The van der Waals surface area contributed by atoms with Crippen LogP contribution < -0.4 is 15.6 Å². The van der Waals surface area contributed by atoms with Crippen LogP contribution in [-0.2, 0) is 4.79 Å². The summed E-state index contributed by atoms with van der Waals surface area (Å²) >= 11 is 0. The van der Waals surface area contributed by atoms with Crippen LogP contribution in [0.4, 0.5) is 11.4 Å². The Kier molecular flexibility index (Phi) is 5.72. The van der Waals surface area contributed by atoms with Gasteiger partial charge in [0.25, 0.3) is 0 Å².